The third-order valence-corrected chi connectivity index (χ3v) is 4.62. The zero-order chi connectivity index (χ0) is 15.2. The average molecular weight is 356 g/mol. The third kappa shape index (κ3) is 4.62. The summed E-state index contributed by atoms with van der Waals surface area (Å²) in [6.07, 6.45) is 4.90. The molecule has 1 saturated carbocycles. The molecule has 21 heavy (non-hydrogen) atoms. The fourth-order valence-electron chi connectivity index (χ4n) is 2.87. The quantitative estimate of drug-likeness (QED) is 0.779. The summed E-state index contributed by atoms with van der Waals surface area (Å²) in [4.78, 5) is 0. The molecule has 2 unspecified atom stereocenters. The van der Waals surface area contributed by atoms with Gasteiger partial charge in [0, 0.05) is 12.6 Å². The van der Waals surface area contributed by atoms with Crippen molar-refractivity contribution in [1.29, 1.82) is 0 Å². The maximum Gasteiger partial charge on any atom is 0.175 e. The molecule has 0 saturated heterocycles. The number of halogens is 1. The van der Waals surface area contributed by atoms with Crippen molar-refractivity contribution in [3.8, 4) is 11.5 Å². The highest BCUT2D eigenvalue weighted by molar-refractivity contribution is 9.10. The van der Waals surface area contributed by atoms with Gasteiger partial charge in [0.15, 0.2) is 11.5 Å². The summed E-state index contributed by atoms with van der Waals surface area (Å²) < 4.78 is 12.2. The number of hydrogen-bond donors (Lipinski definition) is 1. The van der Waals surface area contributed by atoms with Gasteiger partial charge in [-0.1, -0.05) is 13.8 Å². The Morgan fingerprint density at radius 3 is 2.76 bits per heavy atom. The van der Waals surface area contributed by atoms with Gasteiger partial charge in [-0.2, -0.15) is 0 Å². The minimum atomic E-state index is 0.654. The Hall–Kier alpha value is -0.740. The van der Waals surface area contributed by atoms with Crippen LogP contribution in [-0.4, -0.2) is 19.8 Å². The van der Waals surface area contributed by atoms with E-state index in [1.54, 1.807) is 7.11 Å². The van der Waals surface area contributed by atoms with E-state index in [9.17, 15) is 0 Å². The first-order valence-electron chi connectivity index (χ1n) is 7.86. The normalized spacial score (nSPS) is 21.5. The van der Waals surface area contributed by atoms with Crippen LogP contribution in [0.4, 0.5) is 0 Å². The van der Waals surface area contributed by atoms with E-state index in [0.29, 0.717) is 12.6 Å². The van der Waals surface area contributed by atoms with Crippen LogP contribution in [-0.2, 0) is 6.54 Å². The Bertz CT molecular complexity index is 464. The van der Waals surface area contributed by atoms with Gasteiger partial charge in [-0.05, 0) is 65.2 Å². The Balaban J connectivity index is 2.01. The summed E-state index contributed by atoms with van der Waals surface area (Å²) in [6.45, 7) is 6.01. The van der Waals surface area contributed by atoms with Gasteiger partial charge in [0.2, 0.25) is 0 Å². The van der Waals surface area contributed by atoms with Gasteiger partial charge in [-0.3, -0.25) is 0 Å². The van der Waals surface area contributed by atoms with Crippen LogP contribution in [0.3, 0.4) is 0 Å². The van der Waals surface area contributed by atoms with Crippen LogP contribution < -0.4 is 14.8 Å². The average Bonchev–Trinajstić information content (AvgIpc) is 2.89. The molecule has 0 radical (unpaired) electrons. The molecule has 118 valence electrons. The standard InChI is InChI=1S/C17H26BrNO2/c1-4-7-21-17-15(18)9-13(10-16(17)20-3)11-19-14-6-5-12(2)8-14/h9-10,12,14,19H,4-8,11H2,1-3H3. The fourth-order valence-corrected chi connectivity index (χ4v) is 3.48. The SMILES string of the molecule is CCCOc1c(Br)cc(CNC2CCC(C)C2)cc1OC. The van der Waals surface area contributed by atoms with E-state index in [-0.39, 0.29) is 0 Å². The first kappa shape index (κ1) is 16.6. The maximum atomic E-state index is 5.76. The van der Waals surface area contributed by atoms with Crippen LogP contribution in [0.25, 0.3) is 0 Å². The molecule has 2 rings (SSSR count). The molecule has 0 amide bonds. The summed E-state index contributed by atoms with van der Waals surface area (Å²) in [7, 11) is 1.69. The van der Waals surface area contributed by atoms with Crippen molar-refractivity contribution in [2.75, 3.05) is 13.7 Å². The van der Waals surface area contributed by atoms with Crippen LogP contribution >= 0.6 is 15.9 Å². The summed E-state index contributed by atoms with van der Waals surface area (Å²) in [6, 6.07) is 4.85. The minimum absolute atomic E-state index is 0.654. The topological polar surface area (TPSA) is 30.5 Å². The third-order valence-electron chi connectivity index (χ3n) is 4.03. The molecule has 1 fully saturated rings. The molecule has 2 atom stereocenters. The molecule has 1 aliphatic carbocycles. The molecule has 0 spiro atoms. The molecule has 4 heteroatoms. The first-order valence-corrected chi connectivity index (χ1v) is 8.66. The van der Waals surface area contributed by atoms with Gasteiger partial charge >= 0.3 is 0 Å². The highest BCUT2D eigenvalue weighted by Crippen LogP contribution is 2.37. The van der Waals surface area contributed by atoms with Crippen molar-refractivity contribution in [2.45, 2.75) is 52.1 Å². The van der Waals surface area contributed by atoms with E-state index in [2.05, 4.69) is 47.2 Å². The van der Waals surface area contributed by atoms with E-state index < -0.39 is 0 Å². The monoisotopic (exact) mass is 355 g/mol. The zero-order valence-electron chi connectivity index (χ0n) is 13.2. The van der Waals surface area contributed by atoms with E-state index in [4.69, 9.17) is 9.47 Å². The predicted molar refractivity (Wildman–Crippen MR) is 90.1 cm³/mol. The number of hydrogen-bond acceptors (Lipinski definition) is 3. The number of methoxy groups -OCH3 is 1. The van der Waals surface area contributed by atoms with Gasteiger partial charge in [0.1, 0.15) is 0 Å². The Morgan fingerprint density at radius 2 is 2.14 bits per heavy atom. The second kappa shape index (κ2) is 8.04. The molecule has 0 bridgehead atoms. The van der Waals surface area contributed by atoms with E-state index in [1.165, 1.54) is 24.8 Å². The van der Waals surface area contributed by atoms with Crippen LogP contribution in [0.2, 0.25) is 0 Å². The lowest BCUT2D eigenvalue weighted by molar-refractivity contribution is 0.292. The molecular weight excluding hydrogens is 330 g/mol. The van der Waals surface area contributed by atoms with Gasteiger partial charge in [0.25, 0.3) is 0 Å². The molecule has 1 aromatic rings. The zero-order valence-corrected chi connectivity index (χ0v) is 14.8. The Kier molecular flexibility index (Phi) is 6.37. The van der Waals surface area contributed by atoms with Crippen LogP contribution in [0, 0.1) is 5.92 Å². The van der Waals surface area contributed by atoms with Crippen molar-refractivity contribution in [1.82, 2.24) is 5.32 Å². The molecule has 1 aromatic carbocycles. The predicted octanol–water partition coefficient (Wildman–Crippen LogP) is 4.52. The van der Waals surface area contributed by atoms with E-state index in [1.807, 2.05) is 0 Å². The van der Waals surface area contributed by atoms with Gasteiger partial charge in [-0.25, -0.2) is 0 Å². The van der Waals surface area contributed by atoms with Crippen molar-refractivity contribution >= 4 is 15.9 Å². The summed E-state index contributed by atoms with van der Waals surface area (Å²) in [5, 5.41) is 3.65. The summed E-state index contributed by atoms with van der Waals surface area (Å²) in [5.74, 6) is 2.46. The molecule has 0 aromatic heterocycles. The van der Waals surface area contributed by atoms with Crippen LogP contribution in [0.5, 0.6) is 11.5 Å². The van der Waals surface area contributed by atoms with Gasteiger partial charge in [0.05, 0.1) is 18.2 Å². The van der Waals surface area contributed by atoms with Crippen molar-refractivity contribution in [3.05, 3.63) is 22.2 Å². The fraction of sp³-hybridized carbons (Fsp3) is 0.647. The molecule has 1 N–H and O–H groups in total. The van der Waals surface area contributed by atoms with Gasteiger partial charge in [-0.15, -0.1) is 0 Å². The van der Waals surface area contributed by atoms with Crippen molar-refractivity contribution in [2.24, 2.45) is 5.92 Å². The molecule has 1 aliphatic rings. The first-order chi connectivity index (χ1) is 10.1. The lowest BCUT2D eigenvalue weighted by Gasteiger charge is -2.16. The lowest BCUT2D eigenvalue weighted by Crippen LogP contribution is -2.25. The second-order valence-corrected chi connectivity index (χ2v) is 6.81. The smallest absolute Gasteiger partial charge is 0.175 e. The minimum Gasteiger partial charge on any atom is -0.493 e. The number of rotatable bonds is 7. The van der Waals surface area contributed by atoms with Crippen molar-refractivity contribution in [3.63, 3.8) is 0 Å². The second-order valence-electron chi connectivity index (χ2n) is 5.95. The number of ether oxygens (including phenoxy) is 2. The largest absolute Gasteiger partial charge is 0.493 e. The van der Waals surface area contributed by atoms with E-state index in [0.717, 1.165) is 34.9 Å². The lowest BCUT2D eigenvalue weighted by atomic mass is 10.1. The maximum absolute atomic E-state index is 5.76. The summed E-state index contributed by atoms with van der Waals surface area (Å²) in [5.41, 5.74) is 1.22. The number of benzene rings is 1. The summed E-state index contributed by atoms with van der Waals surface area (Å²) >= 11 is 3.60. The van der Waals surface area contributed by atoms with Crippen LogP contribution in [0.1, 0.15) is 45.1 Å². The molecule has 0 aliphatic heterocycles. The van der Waals surface area contributed by atoms with Gasteiger partial charge < -0.3 is 14.8 Å². The highest BCUT2D eigenvalue weighted by atomic mass is 79.9. The van der Waals surface area contributed by atoms with E-state index >= 15 is 0 Å². The molecule has 0 heterocycles. The molecular formula is C17H26BrNO2. The highest BCUT2D eigenvalue weighted by Gasteiger charge is 2.20. The Morgan fingerprint density at radius 1 is 1.33 bits per heavy atom. The number of nitrogens with one attached hydrogen (secondary N) is 1. The van der Waals surface area contributed by atoms with Crippen LogP contribution in [0.15, 0.2) is 16.6 Å². The molecule has 3 nitrogen and oxygen atoms in total. The Labute approximate surface area is 136 Å². The van der Waals surface area contributed by atoms with Crippen molar-refractivity contribution < 1.29 is 9.47 Å².